The van der Waals surface area contributed by atoms with Gasteiger partial charge < -0.3 is 10.5 Å². The first-order chi connectivity index (χ1) is 9.37. The summed E-state index contributed by atoms with van der Waals surface area (Å²) in [6, 6.07) is 8.55. The molecule has 114 valence electrons. The molecule has 20 heavy (non-hydrogen) atoms. The Bertz CT molecular complexity index is 398. The van der Waals surface area contributed by atoms with Gasteiger partial charge in [0, 0.05) is 19.1 Å². The second-order valence-electron chi connectivity index (χ2n) is 6.65. The van der Waals surface area contributed by atoms with Gasteiger partial charge in [-0.05, 0) is 36.6 Å². The lowest BCUT2D eigenvalue weighted by Gasteiger charge is -2.33. The van der Waals surface area contributed by atoms with Crippen LogP contribution in [0.1, 0.15) is 45.7 Å². The fraction of sp³-hybridized carbons (Fsp3) is 0.647. The summed E-state index contributed by atoms with van der Waals surface area (Å²) in [5.41, 5.74) is 7.48. The summed E-state index contributed by atoms with van der Waals surface area (Å²) < 4.78 is 5.71. The van der Waals surface area contributed by atoms with Crippen molar-refractivity contribution in [1.82, 2.24) is 4.90 Å². The molecule has 0 aliphatic carbocycles. The zero-order valence-corrected chi connectivity index (χ0v) is 13.6. The number of hydrogen-bond donors (Lipinski definition) is 1. The molecule has 1 aromatic rings. The van der Waals surface area contributed by atoms with E-state index in [1.165, 1.54) is 5.56 Å². The Kier molecular flexibility index (Phi) is 6.50. The standard InChI is InChI=1S/C17H30N2O/c1-6-10-20-15-9-7-8-14(11-15)16(12-18)19(5)13-17(2,3)4/h7-9,11,16H,6,10,12-13,18H2,1-5H3. The SMILES string of the molecule is CCCOc1cccc(C(CN)N(C)CC(C)(C)C)c1. The summed E-state index contributed by atoms with van der Waals surface area (Å²) in [5.74, 6) is 0.937. The van der Waals surface area contributed by atoms with Gasteiger partial charge in [-0.2, -0.15) is 0 Å². The summed E-state index contributed by atoms with van der Waals surface area (Å²) in [6.45, 7) is 11.2. The minimum absolute atomic E-state index is 0.236. The molecule has 0 aromatic heterocycles. The van der Waals surface area contributed by atoms with Gasteiger partial charge in [0.05, 0.1) is 6.61 Å². The molecule has 1 aromatic carbocycles. The lowest BCUT2D eigenvalue weighted by atomic mass is 9.94. The summed E-state index contributed by atoms with van der Waals surface area (Å²) >= 11 is 0. The average molecular weight is 278 g/mol. The summed E-state index contributed by atoms with van der Waals surface area (Å²) in [7, 11) is 2.14. The predicted molar refractivity (Wildman–Crippen MR) is 86.1 cm³/mol. The number of benzene rings is 1. The molecular weight excluding hydrogens is 248 g/mol. The molecule has 1 unspecified atom stereocenters. The highest BCUT2D eigenvalue weighted by Crippen LogP contribution is 2.26. The third-order valence-corrected chi connectivity index (χ3v) is 3.19. The van der Waals surface area contributed by atoms with E-state index in [4.69, 9.17) is 10.5 Å². The van der Waals surface area contributed by atoms with Crippen LogP contribution < -0.4 is 10.5 Å². The van der Waals surface area contributed by atoms with Crippen LogP contribution in [0.4, 0.5) is 0 Å². The monoisotopic (exact) mass is 278 g/mol. The van der Waals surface area contributed by atoms with Crippen LogP contribution in [-0.4, -0.2) is 31.6 Å². The molecule has 0 radical (unpaired) electrons. The number of hydrogen-bond acceptors (Lipinski definition) is 3. The third-order valence-electron chi connectivity index (χ3n) is 3.19. The van der Waals surface area contributed by atoms with E-state index < -0.39 is 0 Å². The Morgan fingerprint density at radius 2 is 2.00 bits per heavy atom. The van der Waals surface area contributed by atoms with Crippen molar-refractivity contribution in [2.75, 3.05) is 26.7 Å². The average Bonchev–Trinajstić information content (AvgIpc) is 2.35. The first-order valence-corrected chi connectivity index (χ1v) is 7.50. The van der Waals surface area contributed by atoms with Crippen molar-refractivity contribution in [1.29, 1.82) is 0 Å². The predicted octanol–water partition coefficient (Wildman–Crippen LogP) is 3.45. The number of nitrogens with two attached hydrogens (primary N) is 1. The fourth-order valence-corrected chi connectivity index (χ4v) is 2.46. The molecular formula is C17H30N2O. The van der Waals surface area contributed by atoms with E-state index >= 15 is 0 Å². The smallest absolute Gasteiger partial charge is 0.119 e. The Balaban J connectivity index is 2.83. The van der Waals surface area contributed by atoms with Crippen LogP contribution in [0.2, 0.25) is 0 Å². The molecule has 1 atom stereocenters. The summed E-state index contributed by atoms with van der Waals surface area (Å²) in [4.78, 5) is 2.33. The quantitative estimate of drug-likeness (QED) is 0.830. The van der Waals surface area contributed by atoms with Crippen LogP contribution in [0.5, 0.6) is 5.75 Å². The zero-order chi connectivity index (χ0) is 15.2. The van der Waals surface area contributed by atoms with Crippen LogP contribution >= 0.6 is 0 Å². The normalized spacial score (nSPS) is 13.6. The molecule has 0 aliphatic rings. The minimum atomic E-state index is 0.236. The molecule has 0 saturated heterocycles. The zero-order valence-electron chi connectivity index (χ0n) is 13.6. The van der Waals surface area contributed by atoms with E-state index in [2.05, 4.69) is 51.8 Å². The molecule has 0 heterocycles. The van der Waals surface area contributed by atoms with E-state index in [0.717, 1.165) is 25.3 Å². The van der Waals surface area contributed by atoms with E-state index in [9.17, 15) is 0 Å². The Morgan fingerprint density at radius 3 is 2.55 bits per heavy atom. The molecule has 2 N–H and O–H groups in total. The lowest BCUT2D eigenvalue weighted by Crippen LogP contribution is -2.36. The molecule has 3 nitrogen and oxygen atoms in total. The topological polar surface area (TPSA) is 38.5 Å². The number of ether oxygens (including phenoxy) is 1. The van der Waals surface area contributed by atoms with Gasteiger partial charge >= 0.3 is 0 Å². The van der Waals surface area contributed by atoms with Gasteiger partial charge in [-0.25, -0.2) is 0 Å². The van der Waals surface area contributed by atoms with Crippen molar-refractivity contribution in [3.8, 4) is 5.75 Å². The second-order valence-corrected chi connectivity index (χ2v) is 6.65. The molecule has 0 spiro atoms. The van der Waals surface area contributed by atoms with Gasteiger partial charge in [0.2, 0.25) is 0 Å². The van der Waals surface area contributed by atoms with E-state index in [1.54, 1.807) is 0 Å². The Morgan fingerprint density at radius 1 is 1.30 bits per heavy atom. The number of rotatable bonds is 7. The van der Waals surface area contributed by atoms with Crippen molar-refractivity contribution in [2.45, 2.75) is 40.2 Å². The van der Waals surface area contributed by atoms with Gasteiger partial charge in [0.25, 0.3) is 0 Å². The largest absolute Gasteiger partial charge is 0.494 e. The van der Waals surface area contributed by atoms with Gasteiger partial charge in [-0.1, -0.05) is 39.8 Å². The fourth-order valence-electron chi connectivity index (χ4n) is 2.46. The van der Waals surface area contributed by atoms with Gasteiger partial charge in [-0.15, -0.1) is 0 Å². The Hall–Kier alpha value is -1.06. The molecule has 0 amide bonds. The van der Waals surface area contributed by atoms with Crippen molar-refractivity contribution in [3.63, 3.8) is 0 Å². The summed E-state index contributed by atoms with van der Waals surface area (Å²) in [5, 5.41) is 0. The molecule has 0 bridgehead atoms. The minimum Gasteiger partial charge on any atom is -0.494 e. The van der Waals surface area contributed by atoms with Crippen LogP contribution in [-0.2, 0) is 0 Å². The first-order valence-electron chi connectivity index (χ1n) is 7.50. The second kappa shape index (κ2) is 7.65. The van der Waals surface area contributed by atoms with Crippen LogP contribution in [0, 0.1) is 5.41 Å². The molecule has 1 rings (SSSR count). The maximum Gasteiger partial charge on any atom is 0.119 e. The van der Waals surface area contributed by atoms with Gasteiger partial charge in [-0.3, -0.25) is 4.90 Å². The van der Waals surface area contributed by atoms with E-state index in [-0.39, 0.29) is 11.5 Å². The number of nitrogens with zero attached hydrogens (tertiary/aromatic N) is 1. The van der Waals surface area contributed by atoms with Gasteiger partial charge in [0.1, 0.15) is 5.75 Å². The molecule has 0 fully saturated rings. The van der Waals surface area contributed by atoms with Crippen molar-refractivity contribution in [2.24, 2.45) is 11.1 Å². The van der Waals surface area contributed by atoms with E-state index in [1.807, 2.05) is 12.1 Å². The van der Waals surface area contributed by atoms with Crippen molar-refractivity contribution >= 4 is 0 Å². The van der Waals surface area contributed by atoms with E-state index in [0.29, 0.717) is 6.54 Å². The highest BCUT2D eigenvalue weighted by molar-refractivity contribution is 5.31. The maximum absolute atomic E-state index is 5.99. The summed E-state index contributed by atoms with van der Waals surface area (Å²) in [6.07, 6.45) is 1.02. The molecule has 3 heteroatoms. The van der Waals surface area contributed by atoms with Gasteiger partial charge in [0.15, 0.2) is 0 Å². The molecule has 0 aliphatic heterocycles. The number of likely N-dealkylation sites (N-methyl/N-ethyl adjacent to an activating group) is 1. The van der Waals surface area contributed by atoms with Crippen LogP contribution in [0.25, 0.3) is 0 Å². The maximum atomic E-state index is 5.99. The highest BCUT2D eigenvalue weighted by Gasteiger charge is 2.21. The highest BCUT2D eigenvalue weighted by atomic mass is 16.5. The van der Waals surface area contributed by atoms with Crippen molar-refractivity contribution in [3.05, 3.63) is 29.8 Å². The lowest BCUT2D eigenvalue weighted by molar-refractivity contribution is 0.175. The third kappa shape index (κ3) is 5.51. The Labute approximate surface area is 124 Å². The van der Waals surface area contributed by atoms with Crippen molar-refractivity contribution < 1.29 is 4.74 Å². The van der Waals surface area contributed by atoms with Crippen LogP contribution in [0.15, 0.2) is 24.3 Å². The van der Waals surface area contributed by atoms with Crippen LogP contribution in [0.3, 0.4) is 0 Å². The first kappa shape index (κ1) is 17.0. The molecule has 0 saturated carbocycles.